The summed E-state index contributed by atoms with van der Waals surface area (Å²) in [4.78, 5) is 23.2. The Morgan fingerprint density at radius 1 is 1.42 bits per heavy atom. The van der Waals surface area contributed by atoms with Crippen LogP contribution in [0.25, 0.3) is 0 Å². The Morgan fingerprint density at radius 3 is 2.96 bits per heavy atom. The van der Waals surface area contributed by atoms with Gasteiger partial charge in [-0.15, -0.1) is 0 Å². The lowest BCUT2D eigenvalue weighted by Crippen LogP contribution is -2.32. The van der Waals surface area contributed by atoms with Gasteiger partial charge in [0.15, 0.2) is 0 Å². The van der Waals surface area contributed by atoms with Gasteiger partial charge in [0.25, 0.3) is 0 Å². The molecule has 0 bridgehead atoms. The van der Waals surface area contributed by atoms with Gasteiger partial charge in [-0.3, -0.25) is 9.48 Å². The molecule has 0 aliphatic heterocycles. The minimum absolute atomic E-state index is 0.0198. The van der Waals surface area contributed by atoms with E-state index in [9.17, 15) is 4.79 Å². The monoisotopic (exact) mass is 328 g/mol. The first-order valence-corrected chi connectivity index (χ1v) is 8.33. The molecule has 128 valence electrons. The van der Waals surface area contributed by atoms with Crippen molar-refractivity contribution in [2.75, 3.05) is 19.0 Å². The number of nitrogens with zero attached hydrogens (tertiary/aromatic N) is 5. The van der Waals surface area contributed by atoms with E-state index in [-0.39, 0.29) is 11.9 Å². The number of amides is 1. The van der Waals surface area contributed by atoms with Crippen LogP contribution in [0, 0.1) is 0 Å². The van der Waals surface area contributed by atoms with E-state index in [2.05, 4.69) is 20.4 Å². The maximum absolute atomic E-state index is 12.3. The standard InChI is InChI=1S/C17H24N6O/c1-22(2)17-18-10-13-14(5-4-6-15(13)21-17)20-16(24)8-7-12-9-19-23(3)11-12/h9-11,14H,4-8H2,1-3H3,(H,20,24)/t14-/m1/s1. The van der Waals surface area contributed by atoms with Gasteiger partial charge in [-0.25, -0.2) is 9.97 Å². The van der Waals surface area contributed by atoms with Crippen molar-refractivity contribution in [3.8, 4) is 0 Å². The van der Waals surface area contributed by atoms with Gasteiger partial charge in [0, 0.05) is 45.5 Å². The Hall–Kier alpha value is -2.44. The molecule has 1 amide bonds. The molecule has 24 heavy (non-hydrogen) atoms. The lowest BCUT2D eigenvalue weighted by atomic mass is 9.92. The van der Waals surface area contributed by atoms with E-state index in [0.29, 0.717) is 12.8 Å². The third-order valence-corrected chi connectivity index (χ3v) is 4.30. The summed E-state index contributed by atoms with van der Waals surface area (Å²) in [5.41, 5.74) is 3.19. The van der Waals surface area contributed by atoms with Crippen molar-refractivity contribution in [3.63, 3.8) is 0 Å². The molecular formula is C17H24N6O. The Balaban J connectivity index is 1.63. The van der Waals surface area contributed by atoms with Crippen molar-refractivity contribution in [1.29, 1.82) is 0 Å². The SMILES string of the molecule is CN(C)c1ncc2c(n1)CCC[C@H]2NC(=O)CCc1cnn(C)c1. The molecule has 1 N–H and O–H groups in total. The van der Waals surface area contributed by atoms with Crippen molar-refractivity contribution in [1.82, 2.24) is 25.1 Å². The van der Waals surface area contributed by atoms with E-state index >= 15 is 0 Å². The van der Waals surface area contributed by atoms with Crippen LogP contribution in [-0.4, -0.2) is 39.8 Å². The van der Waals surface area contributed by atoms with Crippen LogP contribution in [-0.2, 0) is 24.7 Å². The van der Waals surface area contributed by atoms with Gasteiger partial charge in [-0.05, 0) is 31.2 Å². The minimum atomic E-state index is 0.0198. The van der Waals surface area contributed by atoms with Gasteiger partial charge in [-0.2, -0.15) is 5.10 Å². The number of carbonyl (C=O) groups is 1. The number of carbonyl (C=O) groups excluding carboxylic acids is 1. The highest BCUT2D eigenvalue weighted by Gasteiger charge is 2.24. The number of anilines is 1. The number of hydrogen-bond donors (Lipinski definition) is 1. The molecule has 0 aromatic carbocycles. The predicted octanol–water partition coefficient (Wildman–Crippen LogP) is 1.40. The molecule has 0 spiro atoms. The Morgan fingerprint density at radius 2 is 2.25 bits per heavy atom. The third-order valence-electron chi connectivity index (χ3n) is 4.30. The van der Waals surface area contributed by atoms with Crippen LogP contribution in [0.3, 0.4) is 0 Å². The molecule has 1 aliphatic carbocycles. The van der Waals surface area contributed by atoms with E-state index in [1.54, 1.807) is 10.9 Å². The molecule has 2 heterocycles. The van der Waals surface area contributed by atoms with Crippen molar-refractivity contribution < 1.29 is 4.79 Å². The van der Waals surface area contributed by atoms with E-state index in [4.69, 9.17) is 0 Å². The van der Waals surface area contributed by atoms with Crippen molar-refractivity contribution in [2.45, 2.75) is 38.1 Å². The van der Waals surface area contributed by atoms with Crippen LogP contribution in [0.5, 0.6) is 0 Å². The average Bonchev–Trinajstić information content (AvgIpc) is 2.98. The lowest BCUT2D eigenvalue weighted by molar-refractivity contribution is -0.121. The number of aromatic nitrogens is 4. The van der Waals surface area contributed by atoms with Crippen molar-refractivity contribution in [2.24, 2.45) is 7.05 Å². The Labute approximate surface area is 142 Å². The summed E-state index contributed by atoms with van der Waals surface area (Å²) in [6.45, 7) is 0. The third kappa shape index (κ3) is 3.72. The largest absolute Gasteiger partial charge is 0.349 e. The maximum Gasteiger partial charge on any atom is 0.225 e. The molecule has 2 aromatic heterocycles. The van der Waals surface area contributed by atoms with Crippen LogP contribution in [0.15, 0.2) is 18.6 Å². The van der Waals surface area contributed by atoms with Crippen LogP contribution in [0.1, 0.15) is 42.1 Å². The molecule has 0 fully saturated rings. The molecular weight excluding hydrogens is 304 g/mol. The second kappa shape index (κ2) is 6.98. The van der Waals surface area contributed by atoms with E-state index < -0.39 is 0 Å². The van der Waals surface area contributed by atoms with Gasteiger partial charge < -0.3 is 10.2 Å². The predicted molar refractivity (Wildman–Crippen MR) is 91.7 cm³/mol. The number of nitrogens with one attached hydrogen (secondary N) is 1. The normalized spacial score (nSPS) is 16.5. The molecule has 7 nitrogen and oxygen atoms in total. The number of hydrogen-bond acceptors (Lipinski definition) is 5. The lowest BCUT2D eigenvalue weighted by Gasteiger charge is -2.26. The maximum atomic E-state index is 12.3. The zero-order valence-corrected chi connectivity index (χ0v) is 14.5. The quantitative estimate of drug-likeness (QED) is 0.898. The second-order valence-electron chi connectivity index (χ2n) is 6.50. The molecule has 7 heteroatoms. The molecule has 1 aliphatic rings. The first-order valence-electron chi connectivity index (χ1n) is 8.33. The smallest absolute Gasteiger partial charge is 0.225 e. The van der Waals surface area contributed by atoms with Crippen LogP contribution in [0.4, 0.5) is 5.95 Å². The van der Waals surface area contributed by atoms with Gasteiger partial charge >= 0.3 is 0 Å². The summed E-state index contributed by atoms with van der Waals surface area (Å²) in [5, 5.41) is 7.27. The summed E-state index contributed by atoms with van der Waals surface area (Å²) in [6, 6.07) is 0.0198. The summed E-state index contributed by atoms with van der Waals surface area (Å²) >= 11 is 0. The van der Waals surface area contributed by atoms with Crippen LogP contribution >= 0.6 is 0 Å². The van der Waals surface area contributed by atoms with Gasteiger partial charge in [0.05, 0.1) is 17.9 Å². The highest BCUT2D eigenvalue weighted by molar-refractivity contribution is 5.76. The summed E-state index contributed by atoms with van der Waals surface area (Å²) < 4.78 is 1.75. The highest BCUT2D eigenvalue weighted by atomic mass is 16.1. The summed E-state index contributed by atoms with van der Waals surface area (Å²) in [7, 11) is 5.75. The molecule has 2 aromatic rings. The molecule has 0 unspecified atom stereocenters. The van der Waals surface area contributed by atoms with E-state index in [1.807, 2.05) is 38.4 Å². The fourth-order valence-corrected chi connectivity index (χ4v) is 3.03. The zero-order chi connectivity index (χ0) is 17.1. The summed E-state index contributed by atoms with van der Waals surface area (Å²) in [6.07, 6.45) is 9.70. The van der Waals surface area contributed by atoms with Gasteiger partial charge in [0.2, 0.25) is 11.9 Å². The minimum Gasteiger partial charge on any atom is -0.349 e. The number of rotatable bonds is 5. The molecule has 1 atom stereocenters. The molecule has 0 saturated heterocycles. The van der Waals surface area contributed by atoms with Crippen LogP contribution in [0.2, 0.25) is 0 Å². The second-order valence-corrected chi connectivity index (χ2v) is 6.50. The van der Waals surface area contributed by atoms with Gasteiger partial charge in [-0.1, -0.05) is 0 Å². The van der Waals surface area contributed by atoms with E-state index in [0.717, 1.165) is 42.0 Å². The van der Waals surface area contributed by atoms with Crippen LogP contribution < -0.4 is 10.2 Å². The first-order chi connectivity index (χ1) is 11.5. The fraction of sp³-hybridized carbons (Fsp3) is 0.529. The molecule has 0 saturated carbocycles. The van der Waals surface area contributed by atoms with E-state index in [1.165, 1.54) is 0 Å². The fourth-order valence-electron chi connectivity index (χ4n) is 3.03. The Bertz CT molecular complexity index is 724. The topological polar surface area (TPSA) is 75.9 Å². The summed E-state index contributed by atoms with van der Waals surface area (Å²) in [5.74, 6) is 0.783. The zero-order valence-electron chi connectivity index (χ0n) is 14.5. The highest BCUT2D eigenvalue weighted by Crippen LogP contribution is 2.29. The average molecular weight is 328 g/mol. The van der Waals surface area contributed by atoms with Crippen molar-refractivity contribution >= 4 is 11.9 Å². The van der Waals surface area contributed by atoms with Crippen molar-refractivity contribution in [3.05, 3.63) is 35.4 Å². The molecule has 0 radical (unpaired) electrons. The Kier molecular flexibility index (Phi) is 4.78. The number of fused-ring (bicyclic) bond motifs is 1. The number of aryl methyl sites for hydroxylation is 3. The molecule has 3 rings (SSSR count). The first kappa shape index (κ1) is 16.4. The van der Waals surface area contributed by atoms with Gasteiger partial charge in [0.1, 0.15) is 0 Å².